The number of para-hydroxylation sites is 1. The van der Waals surface area contributed by atoms with E-state index < -0.39 is 10.5 Å². The lowest BCUT2D eigenvalue weighted by molar-refractivity contribution is 0.561. The van der Waals surface area contributed by atoms with Gasteiger partial charge in [-0.2, -0.15) is 13.2 Å². The van der Waals surface area contributed by atoms with Gasteiger partial charge in [-0.05, 0) is 12.1 Å². The van der Waals surface area contributed by atoms with Crippen molar-refractivity contribution >= 4 is 21.5 Å². The first-order valence-electron chi connectivity index (χ1n) is 3.89. The van der Waals surface area contributed by atoms with Crippen LogP contribution < -0.4 is 5.63 Å². The van der Waals surface area contributed by atoms with E-state index in [2.05, 4.69) is 0 Å². The molecule has 6 heteroatoms. The lowest BCUT2D eigenvalue weighted by atomic mass is 10.2. The van der Waals surface area contributed by atoms with Gasteiger partial charge in [-0.25, -0.2) is 4.79 Å². The predicted molar refractivity (Wildman–Crippen MR) is 54.1 cm³/mol. The maximum atomic E-state index is 10.7. The van der Waals surface area contributed by atoms with Gasteiger partial charge in [-0.1, -0.05) is 18.2 Å². The second kappa shape index (κ2) is 5.06. The van der Waals surface area contributed by atoms with Crippen LogP contribution in [-0.4, -0.2) is 8.42 Å². The fourth-order valence-electron chi connectivity index (χ4n) is 1.01. The van der Waals surface area contributed by atoms with Crippen LogP contribution in [0.15, 0.2) is 45.6 Å². The Kier molecular flexibility index (Phi) is 3.75. The molecule has 0 unspecified atom stereocenters. The first kappa shape index (κ1) is 11.1. The lowest BCUT2D eigenvalue weighted by Crippen LogP contribution is -1.93. The molecule has 0 amide bonds. The van der Waals surface area contributed by atoms with Crippen LogP contribution in [0.5, 0.6) is 0 Å². The van der Waals surface area contributed by atoms with E-state index in [0.29, 0.717) is 5.58 Å². The van der Waals surface area contributed by atoms with Crippen molar-refractivity contribution in [3.05, 3.63) is 46.8 Å². The highest BCUT2D eigenvalue weighted by atomic mass is 32.2. The van der Waals surface area contributed by atoms with Gasteiger partial charge >= 0.3 is 16.1 Å². The molecule has 5 nitrogen and oxygen atoms in total. The van der Waals surface area contributed by atoms with Crippen LogP contribution in [0.25, 0.3) is 11.0 Å². The first-order valence-corrected chi connectivity index (χ1v) is 4.96. The van der Waals surface area contributed by atoms with E-state index in [-0.39, 0.29) is 5.63 Å². The van der Waals surface area contributed by atoms with Gasteiger partial charge in [0.15, 0.2) is 0 Å². The molecule has 0 radical (unpaired) electrons. The molecule has 0 saturated carbocycles. The van der Waals surface area contributed by atoms with Gasteiger partial charge in [0.1, 0.15) is 5.58 Å². The number of hydrogen-bond donors (Lipinski definition) is 1. The second-order valence-electron chi connectivity index (χ2n) is 2.53. The van der Waals surface area contributed by atoms with Crippen molar-refractivity contribution in [1.82, 2.24) is 0 Å². The molecule has 0 bridgehead atoms. The van der Waals surface area contributed by atoms with Gasteiger partial charge in [0, 0.05) is 11.5 Å². The average molecular weight is 225 g/mol. The molecule has 1 aromatic heterocycles. The van der Waals surface area contributed by atoms with Gasteiger partial charge in [0.25, 0.3) is 0 Å². The van der Waals surface area contributed by atoms with E-state index >= 15 is 0 Å². The maximum Gasteiger partial charge on any atom is 0.336 e. The highest BCUT2D eigenvalue weighted by Gasteiger charge is 1.92. The fourth-order valence-corrected chi connectivity index (χ4v) is 1.01. The van der Waals surface area contributed by atoms with E-state index in [1.54, 1.807) is 12.1 Å². The van der Waals surface area contributed by atoms with Gasteiger partial charge in [-0.3, -0.25) is 0 Å². The Morgan fingerprint density at radius 3 is 2.33 bits per heavy atom. The third-order valence-corrected chi connectivity index (χ3v) is 1.53. The average Bonchev–Trinajstić information content (AvgIpc) is 2.16. The van der Waals surface area contributed by atoms with Crippen molar-refractivity contribution in [3.63, 3.8) is 0 Å². The zero-order chi connectivity index (χ0) is 11.3. The molecular formula is C9H7NO4S. The van der Waals surface area contributed by atoms with Crippen molar-refractivity contribution in [1.29, 1.82) is 4.78 Å². The third-order valence-electron chi connectivity index (χ3n) is 1.53. The number of fused-ring (bicyclic) bond motifs is 1. The quantitative estimate of drug-likeness (QED) is 0.687. The maximum absolute atomic E-state index is 10.7. The van der Waals surface area contributed by atoms with Gasteiger partial charge in [0.05, 0.1) is 0 Å². The molecule has 0 aliphatic heterocycles. The van der Waals surface area contributed by atoms with Crippen LogP contribution >= 0.6 is 0 Å². The third kappa shape index (κ3) is 3.74. The van der Waals surface area contributed by atoms with Crippen molar-refractivity contribution in [3.8, 4) is 0 Å². The molecule has 0 aliphatic carbocycles. The van der Waals surface area contributed by atoms with E-state index in [1.807, 2.05) is 18.2 Å². The minimum absolute atomic E-state index is 0.302. The Morgan fingerprint density at radius 1 is 1.07 bits per heavy atom. The summed E-state index contributed by atoms with van der Waals surface area (Å²) in [5.41, 5.74) is 0.337. The molecule has 15 heavy (non-hydrogen) atoms. The molecule has 0 aliphatic rings. The summed E-state index contributed by atoms with van der Waals surface area (Å²) in [7, 11) is -2.61. The standard InChI is InChI=1S/C9H6O2.HNO2S/c10-9-6-5-7-3-1-2-4-8(7)11-9;1-4(2)3/h1-6H;1H. The summed E-state index contributed by atoms with van der Waals surface area (Å²) >= 11 is 0. The van der Waals surface area contributed by atoms with Gasteiger partial charge < -0.3 is 4.42 Å². The highest BCUT2D eigenvalue weighted by molar-refractivity contribution is 7.60. The molecular weight excluding hydrogens is 218 g/mol. The summed E-state index contributed by atoms with van der Waals surface area (Å²) in [6.45, 7) is 0. The van der Waals surface area contributed by atoms with Crippen LogP contribution in [0.4, 0.5) is 0 Å². The smallest absolute Gasteiger partial charge is 0.336 e. The van der Waals surface area contributed by atoms with Crippen LogP contribution in [0.2, 0.25) is 0 Å². The Bertz CT molecular complexity index is 608. The molecule has 0 fully saturated rings. The van der Waals surface area contributed by atoms with Crippen LogP contribution in [0.3, 0.4) is 0 Å². The van der Waals surface area contributed by atoms with Crippen LogP contribution in [0, 0.1) is 4.78 Å². The van der Waals surface area contributed by atoms with E-state index in [4.69, 9.17) is 17.6 Å². The van der Waals surface area contributed by atoms with E-state index in [1.165, 1.54) is 6.07 Å². The molecule has 0 saturated heterocycles. The molecule has 78 valence electrons. The molecule has 2 rings (SSSR count). The Balaban J connectivity index is 0.000000245. The topological polar surface area (TPSA) is 88.2 Å². The normalized spacial score (nSPS) is 9.07. The monoisotopic (exact) mass is 225 g/mol. The summed E-state index contributed by atoms with van der Waals surface area (Å²) in [6.07, 6.45) is 0. The summed E-state index contributed by atoms with van der Waals surface area (Å²) in [4.78, 5) is 10.7. The predicted octanol–water partition coefficient (Wildman–Crippen LogP) is 1.42. The molecule has 1 N–H and O–H groups in total. The SMILES string of the molecule is N=S(=O)=O.O=c1ccc2ccccc2o1. The minimum Gasteiger partial charge on any atom is -0.423 e. The molecule has 1 aromatic carbocycles. The molecule has 2 aromatic rings. The Hall–Kier alpha value is -1.95. The van der Waals surface area contributed by atoms with Gasteiger partial charge in [0.2, 0.25) is 0 Å². The number of benzene rings is 1. The first-order chi connectivity index (χ1) is 7.09. The zero-order valence-electron chi connectivity index (χ0n) is 7.51. The minimum atomic E-state index is -2.61. The van der Waals surface area contributed by atoms with E-state index in [0.717, 1.165) is 5.39 Å². The Labute approximate surface area is 86.5 Å². The largest absolute Gasteiger partial charge is 0.423 e. The van der Waals surface area contributed by atoms with Crippen LogP contribution in [-0.2, 0) is 10.5 Å². The summed E-state index contributed by atoms with van der Waals surface area (Å²) < 4.78 is 27.7. The number of hydrogen-bond acceptors (Lipinski definition) is 5. The van der Waals surface area contributed by atoms with Crippen molar-refractivity contribution in [2.75, 3.05) is 0 Å². The van der Waals surface area contributed by atoms with E-state index in [9.17, 15) is 4.79 Å². The number of rotatable bonds is 0. The summed E-state index contributed by atoms with van der Waals surface area (Å²) in [6, 6.07) is 10.6. The fraction of sp³-hybridized carbons (Fsp3) is 0. The lowest BCUT2D eigenvalue weighted by Gasteiger charge is -1.91. The van der Waals surface area contributed by atoms with Crippen LogP contribution in [0.1, 0.15) is 0 Å². The zero-order valence-corrected chi connectivity index (χ0v) is 8.32. The molecule has 0 atom stereocenters. The van der Waals surface area contributed by atoms with Crippen molar-refractivity contribution in [2.45, 2.75) is 0 Å². The summed E-state index contributed by atoms with van der Waals surface area (Å²) in [5, 5.41) is 0.951. The molecule has 1 heterocycles. The second-order valence-corrected chi connectivity index (χ2v) is 3.00. The van der Waals surface area contributed by atoms with Crippen molar-refractivity contribution < 1.29 is 12.8 Å². The summed E-state index contributed by atoms with van der Waals surface area (Å²) in [5.74, 6) is 0. The highest BCUT2D eigenvalue weighted by Crippen LogP contribution is 2.08. The Morgan fingerprint density at radius 2 is 1.67 bits per heavy atom. The van der Waals surface area contributed by atoms with Crippen molar-refractivity contribution in [2.24, 2.45) is 0 Å². The molecule has 0 spiro atoms. The van der Waals surface area contributed by atoms with Gasteiger partial charge in [-0.15, -0.1) is 0 Å². The number of nitrogens with one attached hydrogen (secondary N) is 1.